The summed E-state index contributed by atoms with van der Waals surface area (Å²) >= 11 is 0. The van der Waals surface area contributed by atoms with E-state index >= 15 is 0 Å². The number of β-amino-alcohol motifs (C(OH)–C–C–N with tert-alkyl or cyclic N) is 1. The van der Waals surface area contributed by atoms with E-state index in [4.69, 9.17) is 0 Å². The molecule has 5 nitrogen and oxygen atoms in total. The maximum absolute atomic E-state index is 13.6. The molecule has 1 fully saturated rings. The van der Waals surface area contributed by atoms with Gasteiger partial charge in [0.2, 0.25) is 5.91 Å². The van der Waals surface area contributed by atoms with Crippen LogP contribution in [0, 0.1) is 0 Å². The molecule has 0 radical (unpaired) electrons. The van der Waals surface area contributed by atoms with E-state index in [1.54, 1.807) is 0 Å². The number of rotatable bonds is 8. The molecule has 1 aromatic heterocycles. The third-order valence-electron chi connectivity index (χ3n) is 7.15. The molecule has 0 saturated carbocycles. The Bertz CT molecular complexity index is 1230. The quantitative estimate of drug-likeness (QED) is 0.404. The van der Waals surface area contributed by atoms with Crippen molar-refractivity contribution >= 4 is 16.8 Å². The molecule has 0 spiro atoms. The van der Waals surface area contributed by atoms with Crippen LogP contribution in [-0.4, -0.2) is 64.6 Å². The van der Waals surface area contributed by atoms with Crippen molar-refractivity contribution in [3.8, 4) is 0 Å². The highest BCUT2D eigenvalue weighted by Gasteiger charge is 2.30. The number of hydrogen-bond donors (Lipinski definition) is 1. The molecule has 1 saturated heterocycles. The van der Waals surface area contributed by atoms with Gasteiger partial charge in [0.15, 0.2) is 0 Å². The van der Waals surface area contributed by atoms with Crippen LogP contribution in [0.4, 0.5) is 0 Å². The van der Waals surface area contributed by atoms with Gasteiger partial charge in [-0.1, -0.05) is 78.9 Å². The Morgan fingerprint density at radius 3 is 2.14 bits per heavy atom. The van der Waals surface area contributed by atoms with Crippen LogP contribution in [0.1, 0.15) is 29.0 Å². The van der Waals surface area contributed by atoms with Gasteiger partial charge in [0.25, 0.3) is 0 Å². The van der Waals surface area contributed by atoms with E-state index in [0.29, 0.717) is 26.1 Å². The summed E-state index contributed by atoms with van der Waals surface area (Å²) in [5, 5.41) is 11.9. The van der Waals surface area contributed by atoms with Crippen molar-refractivity contribution in [1.29, 1.82) is 0 Å². The van der Waals surface area contributed by atoms with Crippen molar-refractivity contribution in [2.24, 2.45) is 0 Å². The molecular weight excluding hydrogens is 446 g/mol. The van der Waals surface area contributed by atoms with E-state index in [0.717, 1.165) is 41.5 Å². The Kier molecular flexibility index (Phi) is 7.70. The molecule has 1 aliphatic rings. The lowest BCUT2D eigenvalue weighted by Crippen LogP contribution is -2.51. The number of aliphatic hydroxyl groups is 1. The molecule has 0 bridgehead atoms. The molecule has 1 aliphatic heterocycles. The van der Waals surface area contributed by atoms with Crippen LogP contribution in [0.2, 0.25) is 0 Å². The molecule has 4 aromatic rings. The molecule has 0 aliphatic carbocycles. The van der Waals surface area contributed by atoms with Crippen molar-refractivity contribution in [3.63, 3.8) is 0 Å². The Morgan fingerprint density at radius 2 is 1.47 bits per heavy atom. The Balaban J connectivity index is 1.16. The first-order chi connectivity index (χ1) is 17.7. The maximum atomic E-state index is 13.6. The number of nitrogens with zero attached hydrogens (tertiary/aromatic N) is 3. The zero-order valence-corrected chi connectivity index (χ0v) is 20.5. The second-order valence-corrected chi connectivity index (χ2v) is 9.56. The predicted molar refractivity (Wildman–Crippen MR) is 144 cm³/mol. The molecule has 1 N–H and O–H groups in total. The topological polar surface area (TPSA) is 56.7 Å². The lowest BCUT2D eigenvalue weighted by Gasteiger charge is -2.37. The Morgan fingerprint density at radius 1 is 0.806 bits per heavy atom. The van der Waals surface area contributed by atoms with Gasteiger partial charge in [0.1, 0.15) is 0 Å². The fourth-order valence-corrected chi connectivity index (χ4v) is 5.20. The van der Waals surface area contributed by atoms with Crippen molar-refractivity contribution in [3.05, 3.63) is 114 Å². The van der Waals surface area contributed by atoms with Gasteiger partial charge in [0, 0.05) is 44.3 Å². The molecule has 184 valence electrons. The van der Waals surface area contributed by atoms with Crippen molar-refractivity contribution in [2.75, 3.05) is 32.7 Å². The van der Waals surface area contributed by atoms with E-state index in [9.17, 15) is 9.90 Å². The Labute approximate surface area is 213 Å². The van der Waals surface area contributed by atoms with Crippen LogP contribution in [0.15, 0.2) is 97.2 Å². The minimum atomic E-state index is -0.402. The Hall–Kier alpha value is -3.54. The van der Waals surface area contributed by atoms with Crippen molar-refractivity contribution in [2.45, 2.75) is 24.9 Å². The minimum Gasteiger partial charge on any atom is -0.392 e. The van der Waals surface area contributed by atoms with E-state index in [-0.39, 0.29) is 11.8 Å². The van der Waals surface area contributed by atoms with Gasteiger partial charge in [0.05, 0.1) is 17.5 Å². The number of pyridine rings is 1. The predicted octanol–water partition coefficient (Wildman–Crippen LogP) is 4.50. The summed E-state index contributed by atoms with van der Waals surface area (Å²) in [7, 11) is 0. The molecule has 1 atom stereocenters. The maximum Gasteiger partial charge on any atom is 0.234 e. The number of amides is 1. The molecule has 1 amide bonds. The second-order valence-electron chi connectivity index (χ2n) is 9.56. The van der Waals surface area contributed by atoms with Crippen molar-refractivity contribution in [1.82, 2.24) is 14.8 Å². The largest absolute Gasteiger partial charge is 0.392 e. The summed E-state index contributed by atoms with van der Waals surface area (Å²) in [6.07, 6.45) is 2.93. The van der Waals surface area contributed by atoms with Gasteiger partial charge in [-0.2, -0.15) is 0 Å². The van der Waals surface area contributed by atoms with Crippen LogP contribution in [0.25, 0.3) is 10.9 Å². The number of aromatic nitrogens is 1. The molecule has 1 unspecified atom stereocenters. The first-order valence-electron chi connectivity index (χ1n) is 12.8. The third kappa shape index (κ3) is 5.64. The van der Waals surface area contributed by atoms with Crippen LogP contribution >= 0.6 is 0 Å². The van der Waals surface area contributed by atoms with E-state index < -0.39 is 6.10 Å². The first kappa shape index (κ1) is 24.2. The molecule has 3 aromatic carbocycles. The minimum absolute atomic E-state index is 0.150. The lowest BCUT2D eigenvalue weighted by molar-refractivity contribution is -0.133. The van der Waals surface area contributed by atoms with E-state index in [1.165, 1.54) is 5.56 Å². The summed E-state index contributed by atoms with van der Waals surface area (Å²) in [5.74, 6) is -0.142. The summed E-state index contributed by atoms with van der Waals surface area (Å²) in [5.41, 5.74) is 4.27. The average molecular weight is 480 g/mol. The first-order valence-corrected chi connectivity index (χ1v) is 12.8. The highest BCUT2D eigenvalue weighted by molar-refractivity contribution is 5.87. The van der Waals surface area contributed by atoms with E-state index in [1.807, 2.05) is 90.0 Å². The number of carbonyl (C=O) groups excluding carboxylic acids is 1. The highest BCUT2D eigenvalue weighted by atomic mass is 16.3. The number of piperazine rings is 1. The van der Waals surface area contributed by atoms with Crippen LogP contribution < -0.4 is 0 Å². The number of carbonyl (C=O) groups is 1. The van der Waals surface area contributed by atoms with Gasteiger partial charge in [-0.3, -0.25) is 14.7 Å². The number of fused-ring (bicyclic) bond motifs is 1. The number of hydrogen-bond acceptors (Lipinski definition) is 4. The molecular formula is C31H33N3O2. The molecule has 36 heavy (non-hydrogen) atoms. The molecule has 5 heteroatoms. The number of benzene rings is 3. The summed E-state index contributed by atoms with van der Waals surface area (Å²) in [4.78, 5) is 22.3. The molecule has 5 rings (SSSR count). The summed E-state index contributed by atoms with van der Waals surface area (Å²) in [6.45, 7) is 3.54. The summed E-state index contributed by atoms with van der Waals surface area (Å²) in [6, 6.07) is 30.3. The fraction of sp³-hybridized carbons (Fsp3) is 0.290. The SMILES string of the molecule is O=C(C(c1ccccc1)c1ccccc1)N1CCN(CC(O)CCc2cccc3ncccc23)CC1. The average Bonchev–Trinajstić information content (AvgIpc) is 2.93. The standard InChI is InChI=1S/C31H33N3O2/c35-27(17-16-24-13-7-15-29-28(24)14-8-18-32-29)23-33-19-21-34(22-20-33)31(36)30(25-9-3-1-4-10-25)26-11-5-2-6-12-26/h1-15,18,27,30,35H,16-17,19-23H2. The van der Waals surface area contributed by atoms with Gasteiger partial charge in [-0.25, -0.2) is 0 Å². The van der Waals surface area contributed by atoms with Gasteiger partial charge >= 0.3 is 0 Å². The van der Waals surface area contributed by atoms with Gasteiger partial charge < -0.3 is 10.0 Å². The van der Waals surface area contributed by atoms with Crippen LogP contribution in [-0.2, 0) is 11.2 Å². The normalized spacial score (nSPS) is 15.3. The van der Waals surface area contributed by atoms with E-state index in [2.05, 4.69) is 22.0 Å². The zero-order valence-electron chi connectivity index (χ0n) is 20.5. The van der Waals surface area contributed by atoms with Gasteiger partial charge in [-0.05, 0) is 41.7 Å². The van der Waals surface area contributed by atoms with Crippen LogP contribution in [0.3, 0.4) is 0 Å². The zero-order chi connectivity index (χ0) is 24.7. The fourth-order valence-electron chi connectivity index (χ4n) is 5.20. The second kappa shape index (κ2) is 11.5. The van der Waals surface area contributed by atoms with Gasteiger partial charge in [-0.15, -0.1) is 0 Å². The molecule has 2 heterocycles. The number of aryl methyl sites for hydroxylation is 1. The summed E-state index contributed by atoms with van der Waals surface area (Å²) < 4.78 is 0. The highest BCUT2D eigenvalue weighted by Crippen LogP contribution is 2.27. The monoisotopic (exact) mass is 479 g/mol. The lowest BCUT2D eigenvalue weighted by atomic mass is 9.90. The number of aliphatic hydroxyl groups excluding tert-OH is 1. The van der Waals surface area contributed by atoms with Crippen molar-refractivity contribution < 1.29 is 9.90 Å². The third-order valence-corrected chi connectivity index (χ3v) is 7.15. The smallest absolute Gasteiger partial charge is 0.234 e. The van der Waals surface area contributed by atoms with Crippen LogP contribution in [0.5, 0.6) is 0 Å².